The van der Waals surface area contributed by atoms with Crippen molar-refractivity contribution in [2.75, 3.05) is 6.54 Å². The summed E-state index contributed by atoms with van der Waals surface area (Å²) >= 11 is 9.58. The fourth-order valence-electron chi connectivity index (χ4n) is 4.21. The van der Waals surface area contributed by atoms with Crippen molar-refractivity contribution >= 4 is 44.3 Å². The molecule has 0 radical (unpaired) electrons. The monoisotopic (exact) mass is 464 g/mol. The van der Waals surface area contributed by atoms with Gasteiger partial charge in [0.05, 0.1) is 6.04 Å². The quantitative estimate of drug-likeness (QED) is 0.367. The third kappa shape index (κ3) is 3.26. The fraction of sp³-hybridized carbons (Fsp3) is 0.125. The van der Waals surface area contributed by atoms with E-state index < -0.39 is 0 Å². The predicted octanol–water partition coefficient (Wildman–Crippen LogP) is 6.37. The molecule has 2 heterocycles. The minimum absolute atomic E-state index is 0.0294. The van der Waals surface area contributed by atoms with Crippen molar-refractivity contribution < 1.29 is 4.79 Å². The summed E-state index contributed by atoms with van der Waals surface area (Å²) in [5.41, 5.74) is 5.22. The van der Waals surface area contributed by atoms with Gasteiger partial charge < -0.3 is 9.88 Å². The molecule has 1 aliphatic heterocycles. The number of aromatic amines is 1. The number of carbonyl (C=O) groups excluding carboxylic acids is 1. The van der Waals surface area contributed by atoms with E-state index in [9.17, 15) is 4.79 Å². The number of rotatable bonds is 2. The standard InChI is InChI=1S/C24H18BrClN2O/c25-17-9-5-16(6-10-17)24(29)28-14-13-20-19-3-1-2-4-21(19)27-22(20)23(28)15-7-11-18(26)12-8-15/h1-12,23,27H,13-14H2. The molecular formula is C24H18BrClN2O. The Kier molecular flexibility index (Phi) is 4.69. The highest BCUT2D eigenvalue weighted by Gasteiger charge is 2.34. The molecule has 3 aromatic carbocycles. The molecule has 1 amide bonds. The molecular weight excluding hydrogens is 448 g/mol. The van der Waals surface area contributed by atoms with Crippen molar-refractivity contribution in [1.82, 2.24) is 9.88 Å². The van der Waals surface area contributed by atoms with Gasteiger partial charge >= 0.3 is 0 Å². The van der Waals surface area contributed by atoms with Crippen molar-refractivity contribution in [3.8, 4) is 0 Å². The second-order valence-electron chi connectivity index (χ2n) is 7.27. The van der Waals surface area contributed by atoms with E-state index in [4.69, 9.17) is 11.6 Å². The molecule has 3 nitrogen and oxygen atoms in total. The molecule has 1 unspecified atom stereocenters. The van der Waals surface area contributed by atoms with Crippen molar-refractivity contribution in [3.05, 3.63) is 105 Å². The van der Waals surface area contributed by atoms with Gasteiger partial charge in [-0.2, -0.15) is 0 Å². The van der Waals surface area contributed by atoms with E-state index in [0.29, 0.717) is 17.1 Å². The topological polar surface area (TPSA) is 36.1 Å². The van der Waals surface area contributed by atoms with Crippen molar-refractivity contribution in [2.24, 2.45) is 0 Å². The molecule has 5 heteroatoms. The number of halogens is 2. The number of para-hydroxylation sites is 1. The van der Waals surface area contributed by atoms with E-state index in [1.54, 1.807) is 0 Å². The highest BCUT2D eigenvalue weighted by Crippen LogP contribution is 2.39. The number of benzene rings is 3. The molecule has 5 rings (SSSR count). The first-order chi connectivity index (χ1) is 14.1. The van der Waals surface area contributed by atoms with Gasteiger partial charge in [0.2, 0.25) is 0 Å². The Balaban J connectivity index is 1.65. The van der Waals surface area contributed by atoms with Gasteiger partial charge in [0.15, 0.2) is 0 Å². The zero-order valence-electron chi connectivity index (χ0n) is 15.5. The van der Waals surface area contributed by atoms with Gasteiger partial charge in [-0.1, -0.05) is 57.9 Å². The van der Waals surface area contributed by atoms with E-state index in [-0.39, 0.29) is 11.9 Å². The van der Waals surface area contributed by atoms with Crippen LogP contribution in [0, 0.1) is 0 Å². The Labute approximate surface area is 182 Å². The lowest BCUT2D eigenvalue weighted by Crippen LogP contribution is -2.40. The first-order valence-electron chi connectivity index (χ1n) is 9.53. The second kappa shape index (κ2) is 7.36. The number of amides is 1. The normalized spacial score (nSPS) is 16.1. The maximum atomic E-state index is 13.5. The Morgan fingerprint density at radius 3 is 2.48 bits per heavy atom. The van der Waals surface area contributed by atoms with Gasteiger partial charge in [-0.3, -0.25) is 4.79 Å². The molecule has 1 aromatic heterocycles. The smallest absolute Gasteiger partial charge is 0.254 e. The highest BCUT2D eigenvalue weighted by molar-refractivity contribution is 9.10. The number of nitrogens with one attached hydrogen (secondary N) is 1. The molecule has 1 atom stereocenters. The molecule has 4 aromatic rings. The summed E-state index contributed by atoms with van der Waals surface area (Å²) in [5, 5.41) is 1.92. The SMILES string of the molecule is O=C(c1ccc(Br)cc1)N1CCc2c([nH]c3ccccc23)C1c1ccc(Cl)cc1. The summed E-state index contributed by atoms with van der Waals surface area (Å²) in [5.74, 6) is 0.0294. The molecule has 144 valence electrons. The van der Waals surface area contributed by atoms with Crippen LogP contribution in [-0.2, 0) is 6.42 Å². The Morgan fingerprint density at radius 2 is 1.72 bits per heavy atom. The van der Waals surface area contributed by atoms with Crippen molar-refractivity contribution in [2.45, 2.75) is 12.5 Å². The minimum atomic E-state index is -0.181. The van der Waals surface area contributed by atoms with Crippen LogP contribution in [0.2, 0.25) is 5.02 Å². The summed E-state index contributed by atoms with van der Waals surface area (Å²) < 4.78 is 0.958. The predicted molar refractivity (Wildman–Crippen MR) is 120 cm³/mol. The summed E-state index contributed by atoms with van der Waals surface area (Å²) in [6, 6.07) is 23.5. The van der Waals surface area contributed by atoms with E-state index in [2.05, 4.69) is 39.1 Å². The zero-order chi connectivity index (χ0) is 20.0. The van der Waals surface area contributed by atoms with Crippen LogP contribution in [0.15, 0.2) is 77.3 Å². The van der Waals surface area contributed by atoms with Crippen molar-refractivity contribution in [3.63, 3.8) is 0 Å². The van der Waals surface area contributed by atoms with Crippen LogP contribution in [0.3, 0.4) is 0 Å². The number of H-pyrrole nitrogens is 1. The van der Waals surface area contributed by atoms with E-state index in [1.807, 2.05) is 59.5 Å². The summed E-state index contributed by atoms with van der Waals surface area (Å²) in [6.07, 6.45) is 0.825. The number of hydrogen-bond donors (Lipinski definition) is 1. The van der Waals surface area contributed by atoms with Gasteiger partial charge in [-0.05, 0) is 60.0 Å². The molecule has 0 fully saturated rings. The summed E-state index contributed by atoms with van der Waals surface area (Å²) in [7, 11) is 0. The third-order valence-corrected chi connectivity index (χ3v) is 6.35. The molecule has 1 aliphatic rings. The van der Waals surface area contributed by atoms with Crippen LogP contribution in [0.4, 0.5) is 0 Å². The molecule has 0 spiro atoms. The molecule has 0 saturated carbocycles. The minimum Gasteiger partial charge on any atom is -0.356 e. The molecule has 0 saturated heterocycles. The first kappa shape index (κ1) is 18.5. The number of nitrogens with zero attached hydrogens (tertiary/aromatic N) is 1. The molecule has 29 heavy (non-hydrogen) atoms. The van der Waals surface area contributed by atoms with Gasteiger partial charge in [0, 0.05) is 38.2 Å². The average molecular weight is 466 g/mol. The third-order valence-electron chi connectivity index (χ3n) is 5.57. The number of aromatic nitrogens is 1. The largest absolute Gasteiger partial charge is 0.356 e. The Morgan fingerprint density at radius 1 is 1.00 bits per heavy atom. The van der Waals surface area contributed by atoms with E-state index in [1.165, 1.54) is 10.9 Å². The molecule has 1 N–H and O–H groups in total. The van der Waals surface area contributed by atoms with E-state index >= 15 is 0 Å². The average Bonchev–Trinajstić information content (AvgIpc) is 3.12. The van der Waals surface area contributed by atoms with Crippen LogP contribution < -0.4 is 0 Å². The summed E-state index contributed by atoms with van der Waals surface area (Å²) in [4.78, 5) is 19.0. The number of carbonyl (C=O) groups is 1. The molecule has 0 aliphatic carbocycles. The first-order valence-corrected chi connectivity index (χ1v) is 10.7. The highest BCUT2D eigenvalue weighted by atomic mass is 79.9. The Bertz CT molecular complexity index is 1200. The lowest BCUT2D eigenvalue weighted by molar-refractivity contribution is 0.0692. The van der Waals surface area contributed by atoms with Gasteiger partial charge in [0.25, 0.3) is 5.91 Å². The summed E-state index contributed by atoms with van der Waals surface area (Å²) in [6.45, 7) is 0.664. The van der Waals surface area contributed by atoms with Crippen LogP contribution >= 0.6 is 27.5 Å². The van der Waals surface area contributed by atoms with Crippen LogP contribution in [0.5, 0.6) is 0 Å². The lowest BCUT2D eigenvalue weighted by atomic mass is 9.91. The Hall–Kier alpha value is -2.56. The van der Waals surface area contributed by atoms with Gasteiger partial charge in [0.1, 0.15) is 0 Å². The maximum Gasteiger partial charge on any atom is 0.254 e. The second-order valence-corrected chi connectivity index (χ2v) is 8.62. The van der Waals surface area contributed by atoms with Gasteiger partial charge in [-0.15, -0.1) is 0 Å². The zero-order valence-corrected chi connectivity index (χ0v) is 17.9. The lowest BCUT2D eigenvalue weighted by Gasteiger charge is -2.36. The maximum absolute atomic E-state index is 13.5. The molecule has 0 bridgehead atoms. The van der Waals surface area contributed by atoms with Crippen molar-refractivity contribution in [1.29, 1.82) is 0 Å². The van der Waals surface area contributed by atoms with Crippen LogP contribution in [0.1, 0.15) is 33.2 Å². The number of fused-ring (bicyclic) bond motifs is 3. The number of hydrogen-bond acceptors (Lipinski definition) is 1. The fourth-order valence-corrected chi connectivity index (χ4v) is 4.60. The van der Waals surface area contributed by atoms with E-state index in [0.717, 1.165) is 27.7 Å². The van der Waals surface area contributed by atoms with Gasteiger partial charge in [-0.25, -0.2) is 0 Å². The van der Waals surface area contributed by atoms with Crippen LogP contribution in [0.25, 0.3) is 10.9 Å². The van der Waals surface area contributed by atoms with Crippen LogP contribution in [-0.4, -0.2) is 22.3 Å².